The summed E-state index contributed by atoms with van der Waals surface area (Å²) in [6.45, 7) is 0.728. The van der Waals surface area contributed by atoms with Crippen molar-refractivity contribution in [1.82, 2.24) is 4.90 Å². The molecular formula is C23H21ClN2O4. The van der Waals surface area contributed by atoms with Crippen LogP contribution in [0, 0.1) is 11.8 Å². The lowest BCUT2D eigenvalue weighted by Crippen LogP contribution is -2.46. The van der Waals surface area contributed by atoms with Crippen LogP contribution in [0.25, 0.3) is 0 Å². The van der Waals surface area contributed by atoms with E-state index in [0.29, 0.717) is 22.0 Å². The minimum absolute atomic E-state index is 0.0732. The molecule has 3 aliphatic heterocycles. The van der Waals surface area contributed by atoms with Gasteiger partial charge in [0.15, 0.2) is 5.78 Å². The molecule has 0 N–H and O–H groups in total. The first-order valence-corrected chi connectivity index (χ1v) is 10.5. The molecular weight excluding hydrogens is 404 g/mol. The van der Waals surface area contributed by atoms with Gasteiger partial charge in [0.2, 0.25) is 11.8 Å². The van der Waals surface area contributed by atoms with Crippen molar-refractivity contribution in [3.8, 4) is 5.75 Å². The summed E-state index contributed by atoms with van der Waals surface area (Å²) in [5.41, 5.74) is 1.03. The zero-order valence-electron chi connectivity index (χ0n) is 16.5. The Morgan fingerprint density at radius 3 is 2.33 bits per heavy atom. The van der Waals surface area contributed by atoms with Gasteiger partial charge in [0.25, 0.3) is 0 Å². The quantitative estimate of drug-likeness (QED) is 0.557. The van der Waals surface area contributed by atoms with Gasteiger partial charge in [-0.3, -0.25) is 19.3 Å². The van der Waals surface area contributed by atoms with Gasteiger partial charge >= 0.3 is 0 Å². The maximum absolute atomic E-state index is 13.5. The Morgan fingerprint density at radius 1 is 1.00 bits per heavy atom. The van der Waals surface area contributed by atoms with E-state index in [9.17, 15) is 14.4 Å². The first kappa shape index (κ1) is 19.3. The number of methoxy groups -OCH3 is 1. The monoisotopic (exact) mass is 424 g/mol. The van der Waals surface area contributed by atoms with Gasteiger partial charge in [-0.2, -0.15) is 0 Å². The van der Waals surface area contributed by atoms with Gasteiger partial charge in [-0.25, -0.2) is 4.90 Å². The van der Waals surface area contributed by atoms with E-state index < -0.39 is 17.9 Å². The summed E-state index contributed by atoms with van der Waals surface area (Å²) in [5.74, 6) is -1.11. The highest BCUT2D eigenvalue weighted by atomic mass is 35.5. The molecule has 0 radical (unpaired) electrons. The van der Waals surface area contributed by atoms with Crippen molar-refractivity contribution >= 4 is 34.9 Å². The number of nitrogens with zero attached hydrogens (tertiary/aromatic N) is 2. The number of ketones is 1. The molecule has 2 aromatic carbocycles. The second-order valence-corrected chi connectivity index (χ2v) is 8.46. The van der Waals surface area contributed by atoms with Gasteiger partial charge in [0.1, 0.15) is 5.75 Å². The number of fused-ring (bicyclic) bond motifs is 3. The summed E-state index contributed by atoms with van der Waals surface area (Å²) in [7, 11) is 1.57. The van der Waals surface area contributed by atoms with Crippen LogP contribution in [-0.2, 0) is 9.59 Å². The third kappa shape index (κ3) is 2.78. The highest BCUT2D eigenvalue weighted by Crippen LogP contribution is 2.48. The van der Waals surface area contributed by atoms with E-state index in [4.69, 9.17) is 16.3 Å². The van der Waals surface area contributed by atoms with E-state index in [1.165, 1.54) is 4.90 Å². The number of benzene rings is 2. The predicted octanol–water partition coefficient (Wildman–Crippen LogP) is 3.18. The highest BCUT2D eigenvalue weighted by molar-refractivity contribution is 6.31. The van der Waals surface area contributed by atoms with Gasteiger partial charge in [-0.15, -0.1) is 0 Å². The predicted molar refractivity (Wildman–Crippen MR) is 112 cm³/mol. The molecule has 0 aliphatic carbocycles. The van der Waals surface area contributed by atoms with Gasteiger partial charge in [-0.05, 0) is 67.9 Å². The molecule has 0 saturated carbocycles. The molecule has 2 aromatic rings. The molecule has 154 valence electrons. The number of rotatable bonds is 4. The molecule has 0 unspecified atom stereocenters. The Balaban J connectivity index is 1.52. The van der Waals surface area contributed by atoms with Gasteiger partial charge in [-0.1, -0.05) is 11.6 Å². The number of carbonyl (C=O) groups is 3. The van der Waals surface area contributed by atoms with Crippen molar-refractivity contribution in [3.05, 3.63) is 59.1 Å². The smallest absolute Gasteiger partial charge is 0.239 e. The number of carbonyl (C=O) groups excluding carboxylic acids is 3. The Bertz CT molecular complexity index is 1020. The third-order valence-electron chi connectivity index (χ3n) is 6.58. The molecule has 2 amide bonds. The van der Waals surface area contributed by atoms with E-state index in [1.54, 1.807) is 55.6 Å². The van der Waals surface area contributed by atoms with Crippen molar-refractivity contribution in [2.75, 3.05) is 18.6 Å². The first-order valence-electron chi connectivity index (χ1n) is 10.1. The molecule has 3 fully saturated rings. The van der Waals surface area contributed by atoms with Gasteiger partial charge in [0, 0.05) is 16.6 Å². The van der Waals surface area contributed by atoms with Crippen LogP contribution in [0.2, 0.25) is 5.02 Å². The van der Waals surface area contributed by atoms with Crippen molar-refractivity contribution in [3.63, 3.8) is 0 Å². The molecule has 5 rings (SSSR count). The van der Waals surface area contributed by atoms with E-state index in [0.717, 1.165) is 19.4 Å². The second kappa shape index (κ2) is 7.22. The average molecular weight is 425 g/mol. The van der Waals surface area contributed by atoms with Crippen LogP contribution in [0.15, 0.2) is 48.5 Å². The Morgan fingerprint density at radius 2 is 1.67 bits per heavy atom. The number of hydrogen-bond acceptors (Lipinski definition) is 5. The Hall–Kier alpha value is -2.70. The molecule has 0 bridgehead atoms. The fraction of sp³-hybridized carbons (Fsp3) is 0.348. The summed E-state index contributed by atoms with van der Waals surface area (Å²) in [6.07, 6.45) is 1.74. The van der Waals surface area contributed by atoms with E-state index in [2.05, 4.69) is 4.90 Å². The molecule has 7 heteroatoms. The number of ether oxygens (including phenoxy) is 1. The molecule has 4 atom stereocenters. The third-order valence-corrected chi connectivity index (χ3v) is 6.83. The van der Waals surface area contributed by atoms with Crippen molar-refractivity contribution in [1.29, 1.82) is 0 Å². The van der Waals surface area contributed by atoms with Crippen molar-refractivity contribution < 1.29 is 19.1 Å². The van der Waals surface area contributed by atoms with E-state index in [1.807, 2.05) is 0 Å². The lowest BCUT2D eigenvalue weighted by Gasteiger charge is -2.27. The number of anilines is 1. The Labute approximate surface area is 179 Å². The normalized spacial score (nSPS) is 28.0. The zero-order chi connectivity index (χ0) is 21.0. The molecule has 3 aliphatic rings. The largest absolute Gasteiger partial charge is 0.497 e. The topological polar surface area (TPSA) is 66.9 Å². The van der Waals surface area contributed by atoms with Crippen LogP contribution in [0.5, 0.6) is 5.75 Å². The molecule has 0 aromatic heterocycles. The van der Waals surface area contributed by atoms with Crippen LogP contribution in [0.3, 0.4) is 0 Å². The van der Waals surface area contributed by atoms with E-state index >= 15 is 0 Å². The maximum atomic E-state index is 13.5. The van der Waals surface area contributed by atoms with Crippen LogP contribution < -0.4 is 9.64 Å². The van der Waals surface area contributed by atoms with Gasteiger partial charge in [0.05, 0.1) is 30.7 Å². The number of Topliss-reactive ketones (excluding diaryl/α,β-unsaturated/α-hetero) is 1. The minimum atomic E-state index is -0.659. The number of amides is 2. The molecule has 3 heterocycles. The number of hydrogen-bond donors (Lipinski definition) is 0. The van der Waals surface area contributed by atoms with E-state index in [-0.39, 0.29) is 23.6 Å². The van der Waals surface area contributed by atoms with Crippen molar-refractivity contribution in [2.45, 2.75) is 24.9 Å². The fourth-order valence-corrected chi connectivity index (χ4v) is 5.41. The molecule has 0 spiro atoms. The van der Waals surface area contributed by atoms with Crippen LogP contribution in [0.4, 0.5) is 5.69 Å². The van der Waals surface area contributed by atoms with Crippen LogP contribution in [0.1, 0.15) is 23.2 Å². The summed E-state index contributed by atoms with van der Waals surface area (Å²) < 4.78 is 5.18. The highest BCUT2D eigenvalue weighted by Gasteiger charge is 2.64. The molecule has 3 saturated heterocycles. The second-order valence-electron chi connectivity index (χ2n) is 8.02. The first-order chi connectivity index (χ1) is 14.5. The number of halogens is 1. The lowest BCUT2D eigenvalue weighted by molar-refractivity contribution is -0.123. The maximum Gasteiger partial charge on any atom is 0.239 e. The zero-order valence-corrected chi connectivity index (χ0v) is 17.2. The minimum Gasteiger partial charge on any atom is -0.497 e. The molecule has 30 heavy (non-hydrogen) atoms. The lowest BCUT2D eigenvalue weighted by atomic mass is 9.85. The van der Waals surface area contributed by atoms with Gasteiger partial charge < -0.3 is 4.74 Å². The summed E-state index contributed by atoms with van der Waals surface area (Å²) in [5, 5.41) is 0.535. The standard InChI is InChI=1S/C23H21ClN2O4/c1-30-16-10-4-13(5-11-16)21(27)20-19-18(17-3-2-12-25(17)20)22(28)26(23(19)29)15-8-6-14(24)7-9-15/h4-11,17-20H,2-3,12H2,1H3/t17-,18-,19+,20-/m0/s1. The number of imide groups is 1. The average Bonchev–Trinajstić information content (AvgIpc) is 3.41. The fourth-order valence-electron chi connectivity index (χ4n) is 5.29. The molecule has 6 nitrogen and oxygen atoms in total. The van der Waals surface area contributed by atoms with Crippen LogP contribution >= 0.6 is 11.6 Å². The summed E-state index contributed by atoms with van der Waals surface area (Å²) >= 11 is 5.97. The van der Waals surface area contributed by atoms with Crippen molar-refractivity contribution in [2.24, 2.45) is 11.8 Å². The SMILES string of the molecule is COc1ccc(C(=O)[C@@H]2[C@@H]3C(=O)N(c4ccc(Cl)cc4)C(=O)[C@H]3[C@@H]3CCCN23)cc1. The van der Waals surface area contributed by atoms with Crippen LogP contribution in [-0.4, -0.2) is 48.2 Å². The summed E-state index contributed by atoms with van der Waals surface area (Å²) in [4.78, 5) is 43.6. The summed E-state index contributed by atoms with van der Waals surface area (Å²) in [6, 6.07) is 12.9. The Kier molecular flexibility index (Phi) is 4.64.